The Balaban J connectivity index is 1.54. The minimum absolute atomic E-state index is 0.293. The monoisotopic (exact) mass is 297 g/mol. The molecule has 3 rings (SSSR count). The highest BCUT2D eigenvalue weighted by Gasteiger charge is 2.13. The molecule has 0 fully saturated rings. The summed E-state index contributed by atoms with van der Waals surface area (Å²) in [4.78, 5) is 0. The third kappa shape index (κ3) is 3.59. The van der Waals surface area contributed by atoms with Gasteiger partial charge in [-0.1, -0.05) is 24.3 Å². The van der Waals surface area contributed by atoms with Crippen LogP contribution in [0.3, 0.4) is 0 Å². The smallest absolute Gasteiger partial charge is 0.231 e. The van der Waals surface area contributed by atoms with Gasteiger partial charge in [-0.25, -0.2) is 0 Å². The van der Waals surface area contributed by atoms with Crippen molar-refractivity contribution in [2.75, 3.05) is 13.3 Å². The Hall–Kier alpha value is -2.46. The van der Waals surface area contributed by atoms with Gasteiger partial charge in [0.25, 0.3) is 0 Å². The van der Waals surface area contributed by atoms with E-state index in [1.54, 1.807) is 0 Å². The standard InChI is InChI=1S/C18H19NO3/c1-2-9-19-11-14-3-6-16(7-4-14)20-12-15-5-8-17-18(10-15)22-13-21-17/h2-8,10,19H,1,9,11-13H2. The van der Waals surface area contributed by atoms with Gasteiger partial charge in [-0.15, -0.1) is 6.58 Å². The first-order valence-corrected chi connectivity index (χ1v) is 7.27. The van der Waals surface area contributed by atoms with Crippen LogP contribution in [0.2, 0.25) is 0 Å². The minimum atomic E-state index is 0.293. The second kappa shape index (κ2) is 7.00. The van der Waals surface area contributed by atoms with Crippen LogP contribution in [0.25, 0.3) is 0 Å². The lowest BCUT2D eigenvalue weighted by molar-refractivity contribution is 0.174. The predicted molar refractivity (Wildman–Crippen MR) is 85.2 cm³/mol. The molecule has 2 aromatic rings. The summed E-state index contributed by atoms with van der Waals surface area (Å²) in [5, 5.41) is 3.27. The number of hydrogen-bond acceptors (Lipinski definition) is 4. The van der Waals surface area contributed by atoms with Gasteiger partial charge in [0.05, 0.1) is 0 Å². The Bertz CT molecular complexity index is 637. The first kappa shape index (κ1) is 14.5. The highest BCUT2D eigenvalue weighted by atomic mass is 16.7. The van der Waals surface area contributed by atoms with E-state index in [9.17, 15) is 0 Å². The molecule has 0 aliphatic carbocycles. The molecule has 1 aliphatic heterocycles. The van der Waals surface area contributed by atoms with Gasteiger partial charge in [-0.05, 0) is 35.4 Å². The van der Waals surface area contributed by atoms with Crippen LogP contribution in [-0.2, 0) is 13.2 Å². The molecule has 22 heavy (non-hydrogen) atoms. The molecule has 0 amide bonds. The molecule has 0 saturated heterocycles. The molecular formula is C18H19NO3. The van der Waals surface area contributed by atoms with Gasteiger partial charge in [0.1, 0.15) is 12.4 Å². The summed E-state index contributed by atoms with van der Waals surface area (Å²) in [5.74, 6) is 2.43. The van der Waals surface area contributed by atoms with Crippen molar-refractivity contribution in [3.05, 3.63) is 66.2 Å². The molecule has 4 nitrogen and oxygen atoms in total. The zero-order chi connectivity index (χ0) is 15.2. The third-order valence-corrected chi connectivity index (χ3v) is 3.38. The average molecular weight is 297 g/mol. The summed E-state index contributed by atoms with van der Waals surface area (Å²) in [6.45, 7) is 6.11. The number of nitrogens with one attached hydrogen (secondary N) is 1. The molecule has 0 spiro atoms. The van der Waals surface area contributed by atoms with Gasteiger partial charge in [-0.2, -0.15) is 0 Å². The number of hydrogen-bond donors (Lipinski definition) is 1. The summed E-state index contributed by atoms with van der Waals surface area (Å²) in [6, 6.07) is 13.9. The van der Waals surface area contributed by atoms with Gasteiger partial charge in [0.15, 0.2) is 11.5 Å². The zero-order valence-electron chi connectivity index (χ0n) is 12.4. The largest absolute Gasteiger partial charge is 0.489 e. The molecule has 2 aromatic carbocycles. The highest BCUT2D eigenvalue weighted by molar-refractivity contribution is 5.44. The molecule has 0 aromatic heterocycles. The van der Waals surface area contributed by atoms with Crippen molar-refractivity contribution in [3.8, 4) is 17.2 Å². The van der Waals surface area contributed by atoms with Gasteiger partial charge in [0.2, 0.25) is 6.79 Å². The quantitative estimate of drug-likeness (QED) is 0.629. The number of rotatable bonds is 7. The fourth-order valence-corrected chi connectivity index (χ4v) is 2.22. The van der Waals surface area contributed by atoms with Gasteiger partial charge in [0, 0.05) is 13.1 Å². The van der Waals surface area contributed by atoms with Crippen molar-refractivity contribution in [2.45, 2.75) is 13.2 Å². The molecule has 1 aliphatic rings. The van der Waals surface area contributed by atoms with Crippen LogP contribution >= 0.6 is 0 Å². The van der Waals surface area contributed by atoms with Gasteiger partial charge in [-0.3, -0.25) is 0 Å². The summed E-state index contributed by atoms with van der Waals surface area (Å²) in [7, 11) is 0. The molecule has 0 radical (unpaired) electrons. The van der Waals surface area contributed by atoms with Crippen molar-refractivity contribution >= 4 is 0 Å². The molecule has 0 bridgehead atoms. The van der Waals surface area contributed by atoms with Crippen molar-refractivity contribution < 1.29 is 14.2 Å². The predicted octanol–water partition coefficient (Wildman–Crippen LogP) is 3.27. The summed E-state index contributed by atoms with van der Waals surface area (Å²) >= 11 is 0. The molecule has 114 valence electrons. The van der Waals surface area contributed by atoms with E-state index < -0.39 is 0 Å². The Morgan fingerprint density at radius 2 is 1.82 bits per heavy atom. The molecule has 1 N–H and O–H groups in total. The molecule has 0 atom stereocenters. The maximum atomic E-state index is 5.80. The van der Waals surface area contributed by atoms with E-state index in [-0.39, 0.29) is 0 Å². The molecule has 0 unspecified atom stereocenters. The number of benzene rings is 2. The van der Waals surface area contributed by atoms with E-state index in [1.165, 1.54) is 5.56 Å². The van der Waals surface area contributed by atoms with Gasteiger partial charge >= 0.3 is 0 Å². The zero-order valence-corrected chi connectivity index (χ0v) is 12.4. The Kier molecular flexibility index (Phi) is 4.61. The van der Waals surface area contributed by atoms with Crippen molar-refractivity contribution in [1.29, 1.82) is 0 Å². The topological polar surface area (TPSA) is 39.7 Å². The first-order valence-electron chi connectivity index (χ1n) is 7.27. The Labute approximate surface area is 130 Å². The SMILES string of the molecule is C=CCNCc1ccc(OCc2ccc3c(c2)OCO3)cc1. The van der Waals surface area contributed by atoms with Crippen LogP contribution in [0.4, 0.5) is 0 Å². The third-order valence-electron chi connectivity index (χ3n) is 3.38. The molecule has 4 heteroatoms. The molecular weight excluding hydrogens is 278 g/mol. The van der Waals surface area contributed by atoms with Crippen molar-refractivity contribution in [3.63, 3.8) is 0 Å². The average Bonchev–Trinajstić information content (AvgIpc) is 3.02. The lowest BCUT2D eigenvalue weighted by Crippen LogP contribution is -2.12. The fraction of sp³-hybridized carbons (Fsp3) is 0.222. The lowest BCUT2D eigenvalue weighted by atomic mass is 10.2. The van der Waals surface area contributed by atoms with E-state index in [2.05, 4.69) is 24.0 Å². The van der Waals surface area contributed by atoms with Crippen LogP contribution in [0.15, 0.2) is 55.1 Å². The van der Waals surface area contributed by atoms with E-state index in [0.717, 1.165) is 35.9 Å². The van der Waals surface area contributed by atoms with E-state index >= 15 is 0 Å². The maximum absolute atomic E-state index is 5.80. The van der Waals surface area contributed by atoms with E-state index in [0.29, 0.717) is 13.4 Å². The summed E-state index contributed by atoms with van der Waals surface area (Å²) in [5.41, 5.74) is 2.28. The Morgan fingerprint density at radius 1 is 1.05 bits per heavy atom. The number of fused-ring (bicyclic) bond motifs is 1. The van der Waals surface area contributed by atoms with E-state index in [4.69, 9.17) is 14.2 Å². The van der Waals surface area contributed by atoms with Crippen LogP contribution in [0.5, 0.6) is 17.2 Å². The second-order valence-electron chi connectivity index (χ2n) is 5.04. The highest BCUT2D eigenvalue weighted by Crippen LogP contribution is 2.32. The molecule has 1 heterocycles. The fourth-order valence-electron chi connectivity index (χ4n) is 2.22. The van der Waals surface area contributed by atoms with Crippen LogP contribution in [0.1, 0.15) is 11.1 Å². The summed E-state index contributed by atoms with van der Waals surface area (Å²) in [6.07, 6.45) is 1.85. The normalized spacial score (nSPS) is 12.2. The Morgan fingerprint density at radius 3 is 2.64 bits per heavy atom. The minimum Gasteiger partial charge on any atom is -0.489 e. The first-order chi connectivity index (χ1) is 10.8. The van der Waals surface area contributed by atoms with Crippen molar-refractivity contribution in [2.24, 2.45) is 0 Å². The van der Waals surface area contributed by atoms with Crippen LogP contribution < -0.4 is 19.5 Å². The lowest BCUT2D eigenvalue weighted by Gasteiger charge is -2.08. The maximum Gasteiger partial charge on any atom is 0.231 e. The van der Waals surface area contributed by atoms with Gasteiger partial charge < -0.3 is 19.5 Å². The summed E-state index contributed by atoms with van der Waals surface area (Å²) < 4.78 is 16.5. The van der Waals surface area contributed by atoms with Crippen LogP contribution in [-0.4, -0.2) is 13.3 Å². The van der Waals surface area contributed by atoms with E-state index in [1.807, 2.05) is 36.4 Å². The molecule has 0 saturated carbocycles. The van der Waals surface area contributed by atoms with Crippen molar-refractivity contribution in [1.82, 2.24) is 5.32 Å². The number of ether oxygens (including phenoxy) is 3. The second-order valence-corrected chi connectivity index (χ2v) is 5.04. The van der Waals surface area contributed by atoms with Crippen LogP contribution in [0, 0.1) is 0 Å².